The van der Waals surface area contributed by atoms with Gasteiger partial charge in [-0.2, -0.15) is 0 Å². The third kappa shape index (κ3) is 6.00. The van der Waals surface area contributed by atoms with Crippen molar-refractivity contribution in [3.63, 3.8) is 0 Å². The van der Waals surface area contributed by atoms with E-state index in [1.807, 2.05) is 13.8 Å². The summed E-state index contributed by atoms with van der Waals surface area (Å²) < 4.78 is 0. The highest BCUT2D eigenvalue weighted by Crippen LogP contribution is 2.05. The molecular weight excluding hydrogens is 280 g/mol. The normalized spacial score (nSPS) is 9.77. The maximum atomic E-state index is 11.9. The third-order valence-corrected chi connectivity index (χ3v) is 3.09. The highest BCUT2D eigenvalue weighted by atomic mass is 16.2. The van der Waals surface area contributed by atoms with Crippen LogP contribution in [0.5, 0.6) is 0 Å². The molecule has 0 aliphatic rings. The molecule has 1 aromatic rings. The number of aryl methyl sites for hydroxylation is 1. The van der Waals surface area contributed by atoms with Crippen molar-refractivity contribution >= 4 is 12.0 Å². The van der Waals surface area contributed by atoms with Gasteiger partial charge in [0.25, 0.3) is 5.56 Å². The molecule has 0 aliphatic carbocycles. The standard InChI is InChI=1S/C16H24N4O2/c1-4-6-8-9-10-13-12(3)14(21)19-15(18-13)20-16(22)17-11-7-5-2/h4-5,7,9-11H2,1-3H3,(H3,17,18,19,20,21,22). The van der Waals surface area contributed by atoms with Crippen molar-refractivity contribution in [2.75, 3.05) is 11.9 Å². The molecule has 0 spiro atoms. The SMILES string of the molecule is CCC#CCCc1nc(NC(=O)NCCCC)[nH]c(=O)c1C. The molecule has 2 amide bonds. The van der Waals surface area contributed by atoms with Crippen molar-refractivity contribution in [3.8, 4) is 11.8 Å². The van der Waals surface area contributed by atoms with Crippen LogP contribution in [0.2, 0.25) is 0 Å². The first-order valence-corrected chi connectivity index (χ1v) is 7.68. The van der Waals surface area contributed by atoms with Gasteiger partial charge in [0.2, 0.25) is 5.95 Å². The van der Waals surface area contributed by atoms with E-state index in [1.165, 1.54) is 0 Å². The Kier molecular flexibility index (Phi) is 7.76. The highest BCUT2D eigenvalue weighted by molar-refractivity contribution is 5.87. The fraction of sp³-hybridized carbons (Fsp3) is 0.562. The molecule has 0 radical (unpaired) electrons. The van der Waals surface area contributed by atoms with Crippen molar-refractivity contribution < 1.29 is 4.79 Å². The third-order valence-electron chi connectivity index (χ3n) is 3.09. The number of unbranched alkanes of at least 4 members (excludes halogenated alkanes) is 1. The number of amides is 2. The Morgan fingerprint density at radius 3 is 2.77 bits per heavy atom. The summed E-state index contributed by atoms with van der Waals surface area (Å²) in [6, 6.07) is -0.364. The van der Waals surface area contributed by atoms with Crippen molar-refractivity contribution in [1.29, 1.82) is 0 Å². The van der Waals surface area contributed by atoms with Crippen LogP contribution in [0.1, 0.15) is 50.8 Å². The molecule has 1 aromatic heterocycles. The van der Waals surface area contributed by atoms with E-state index in [0.29, 0.717) is 30.6 Å². The number of urea groups is 1. The van der Waals surface area contributed by atoms with Gasteiger partial charge < -0.3 is 5.32 Å². The van der Waals surface area contributed by atoms with Crippen LogP contribution in [0.25, 0.3) is 0 Å². The maximum absolute atomic E-state index is 11.9. The molecule has 0 fully saturated rings. The first-order chi connectivity index (χ1) is 10.6. The van der Waals surface area contributed by atoms with Crippen LogP contribution in [0.15, 0.2) is 4.79 Å². The Hall–Kier alpha value is -2.29. The second-order valence-corrected chi connectivity index (χ2v) is 4.93. The molecule has 6 nitrogen and oxygen atoms in total. The minimum absolute atomic E-state index is 0.169. The first-order valence-electron chi connectivity index (χ1n) is 7.68. The van der Waals surface area contributed by atoms with E-state index in [9.17, 15) is 9.59 Å². The number of hydrogen-bond donors (Lipinski definition) is 3. The van der Waals surface area contributed by atoms with Gasteiger partial charge in [-0.25, -0.2) is 9.78 Å². The predicted octanol–water partition coefficient (Wildman–Crippen LogP) is 2.35. The summed E-state index contributed by atoms with van der Waals surface area (Å²) in [7, 11) is 0. The molecule has 120 valence electrons. The molecule has 1 rings (SSSR count). The summed E-state index contributed by atoms with van der Waals surface area (Å²) in [5.74, 6) is 6.18. The maximum Gasteiger partial charge on any atom is 0.321 e. The van der Waals surface area contributed by atoms with E-state index in [0.717, 1.165) is 19.3 Å². The van der Waals surface area contributed by atoms with E-state index >= 15 is 0 Å². The highest BCUT2D eigenvalue weighted by Gasteiger charge is 2.09. The molecule has 22 heavy (non-hydrogen) atoms. The minimum atomic E-state index is -0.364. The van der Waals surface area contributed by atoms with Crippen molar-refractivity contribution in [3.05, 3.63) is 21.6 Å². The van der Waals surface area contributed by atoms with E-state index in [2.05, 4.69) is 32.4 Å². The Bertz CT molecular complexity index is 611. The zero-order valence-electron chi connectivity index (χ0n) is 13.5. The summed E-state index contributed by atoms with van der Waals surface area (Å²) in [6.07, 6.45) is 3.96. The Morgan fingerprint density at radius 1 is 1.32 bits per heavy atom. The van der Waals surface area contributed by atoms with Crippen molar-refractivity contribution in [2.24, 2.45) is 0 Å². The molecule has 0 unspecified atom stereocenters. The predicted molar refractivity (Wildman–Crippen MR) is 87.9 cm³/mol. The molecule has 0 bridgehead atoms. The average molecular weight is 304 g/mol. The lowest BCUT2D eigenvalue weighted by Gasteiger charge is -2.09. The number of anilines is 1. The number of aromatic amines is 1. The van der Waals surface area contributed by atoms with Crippen molar-refractivity contribution in [1.82, 2.24) is 15.3 Å². The molecule has 0 saturated carbocycles. The second kappa shape index (κ2) is 9.61. The second-order valence-electron chi connectivity index (χ2n) is 4.93. The largest absolute Gasteiger partial charge is 0.338 e. The molecular formula is C16H24N4O2. The van der Waals surface area contributed by atoms with Crippen LogP contribution >= 0.6 is 0 Å². The molecule has 0 aliphatic heterocycles. The molecule has 0 atom stereocenters. The van der Waals surface area contributed by atoms with Gasteiger partial charge in [-0.15, -0.1) is 11.8 Å². The summed E-state index contributed by atoms with van der Waals surface area (Å²) in [5.41, 5.74) is 0.991. The minimum Gasteiger partial charge on any atom is -0.338 e. The smallest absolute Gasteiger partial charge is 0.321 e. The lowest BCUT2D eigenvalue weighted by molar-refractivity contribution is 0.252. The van der Waals surface area contributed by atoms with Crippen LogP contribution in [-0.2, 0) is 6.42 Å². The van der Waals surface area contributed by atoms with Gasteiger partial charge in [0, 0.05) is 31.4 Å². The molecule has 6 heteroatoms. The van der Waals surface area contributed by atoms with E-state index in [-0.39, 0.29) is 17.5 Å². The zero-order chi connectivity index (χ0) is 16.4. The summed E-state index contributed by atoms with van der Waals surface area (Å²) >= 11 is 0. The number of carbonyl (C=O) groups is 1. The Labute approximate surface area is 131 Å². The summed E-state index contributed by atoms with van der Waals surface area (Å²) in [4.78, 5) is 30.4. The van der Waals surface area contributed by atoms with Gasteiger partial charge in [-0.05, 0) is 13.3 Å². The topological polar surface area (TPSA) is 86.9 Å². The zero-order valence-corrected chi connectivity index (χ0v) is 13.5. The number of carbonyl (C=O) groups excluding carboxylic acids is 1. The monoisotopic (exact) mass is 304 g/mol. The van der Waals surface area contributed by atoms with E-state index in [1.54, 1.807) is 6.92 Å². The Balaban J connectivity index is 2.73. The fourth-order valence-corrected chi connectivity index (χ4v) is 1.81. The number of nitrogens with one attached hydrogen (secondary N) is 3. The van der Waals surface area contributed by atoms with Gasteiger partial charge in [0.05, 0.1) is 5.69 Å². The lowest BCUT2D eigenvalue weighted by Crippen LogP contribution is -2.31. The van der Waals surface area contributed by atoms with Gasteiger partial charge >= 0.3 is 6.03 Å². The van der Waals surface area contributed by atoms with Crippen LogP contribution in [-0.4, -0.2) is 22.5 Å². The number of rotatable bonds is 6. The van der Waals surface area contributed by atoms with Gasteiger partial charge in [0.1, 0.15) is 0 Å². The van der Waals surface area contributed by atoms with Crippen LogP contribution in [0, 0.1) is 18.8 Å². The number of aromatic nitrogens is 2. The first kappa shape index (κ1) is 17.8. The van der Waals surface area contributed by atoms with Crippen LogP contribution in [0.4, 0.5) is 10.7 Å². The molecule has 3 N–H and O–H groups in total. The van der Waals surface area contributed by atoms with E-state index in [4.69, 9.17) is 0 Å². The molecule has 0 aromatic carbocycles. The Morgan fingerprint density at radius 2 is 2.09 bits per heavy atom. The van der Waals surface area contributed by atoms with E-state index < -0.39 is 0 Å². The van der Waals surface area contributed by atoms with Gasteiger partial charge in [-0.3, -0.25) is 15.1 Å². The summed E-state index contributed by atoms with van der Waals surface area (Å²) in [5, 5.41) is 5.27. The van der Waals surface area contributed by atoms with Crippen LogP contribution in [0.3, 0.4) is 0 Å². The summed E-state index contributed by atoms with van der Waals surface area (Å²) in [6.45, 7) is 6.35. The molecule has 1 heterocycles. The van der Waals surface area contributed by atoms with Crippen LogP contribution < -0.4 is 16.2 Å². The van der Waals surface area contributed by atoms with Gasteiger partial charge in [0.15, 0.2) is 0 Å². The molecule has 0 saturated heterocycles. The van der Waals surface area contributed by atoms with Gasteiger partial charge in [-0.1, -0.05) is 20.3 Å². The fourth-order valence-electron chi connectivity index (χ4n) is 1.81. The quantitative estimate of drug-likeness (QED) is 0.557. The lowest BCUT2D eigenvalue weighted by atomic mass is 10.1. The number of H-pyrrole nitrogens is 1. The number of nitrogens with zero attached hydrogens (tertiary/aromatic N) is 1. The number of hydrogen-bond acceptors (Lipinski definition) is 3. The van der Waals surface area contributed by atoms with Crippen molar-refractivity contribution in [2.45, 2.75) is 52.9 Å². The average Bonchev–Trinajstić information content (AvgIpc) is 2.48.